The predicted molar refractivity (Wildman–Crippen MR) is 42.4 cm³/mol. The number of nitrogens with zero attached hydrogens (tertiary/aromatic N) is 2. The maximum atomic E-state index is 3.95. The molecule has 0 N–H and O–H groups in total. The van der Waals surface area contributed by atoms with Crippen LogP contribution in [0.5, 0.6) is 0 Å². The summed E-state index contributed by atoms with van der Waals surface area (Å²) in [5, 5.41) is 0. The van der Waals surface area contributed by atoms with Crippen LogP contribution in [-0.2, 0) is 0 Å². The molecule has 2 heteroatoms. The molecule has 0 aromatic rings. The predicted octanol–water partition coefficient (Wildman–Crippen LogP) is 2.47. The Labute approximate surface area is 62.1 Å². The van der Waals surface area contributed by atoms with Crippen LogP contribution in [0, 0.1) is 0 Å². The molecule has 1 aliphatic rings. The van der Waals surface area contributed by atoms with Crippen LogP contribution in [0.2, 0.25) is 0 Å². The highest BCUT2D eigenvalue weighted by molar-refractivity contribution is 5.47. The lowest BCUT2D eigenvalue weighted by molar-refractivity contribution is 0.552. The number of unbranched alkanes of at least 4 members (excludes halogenated alkanes) is 3. The number of aliphatic imine (C=N–C) groups is 2. The van der Waals surface area contributed by atoms with Gasteiger partial charge in [-0.25, -0.2) is 0 Å². The average Bonchev–Trinajstić information content (AvgIpc) is 1.84. The number of rotatable bonds is 5. The second-order valence-electron chi connectivity index (χ2n) is 2.69. The Balaban J connectivity index is 1.82. The quantitative estimate of drug-likeness (QED) is 0.521. The summed E-state index contributed by atoms with van der Waals surface area (Å²) in [6.07, 6.45) is 6.66. The first kappa shape index (κ1) is 7.49. The van der Waals surface area contributed by atoms with Gasteiger partial charge in [-0.3, -0.25) is 0 Å². The van der Waals surface area contributed by atoms with E-state index < -0.39 is 0 Å². The van der Waals surface area contributed by atoms with Crippen LogP contribution in [0.25, 0.3) is 0 Å². The van der Waals surface area contributed by atoms with E-state index in [-0.39, 0.29) is 6.17 Å². The fourth-order valence-corrected chi connectivity index (χ4v) is 1.02. The zero-order valence-corrected chi connectivity index (χ0v) is 6.51. The molecule has 0 saturated carbocycles. The molecule has 0 aromatic carbocycles. The molecule has 0 unspecified atom stereocenters. The molecule has 0 saturated heterocycles. The Morgan fingerprint density at radius 3 is 2.50 bits per heavy atom. The second-order valence-corrected chi connectivity index (χ2v) is 2.69. The first-order valence-corrected chi connectivity index (χ1v) is 4.08. The molecule has 1 aliphatic heterocycles. The molecule has 56 valence electrons. The maximum Gasteiger partial charge on any atom is 0.161 e. The van der Waals surface area contributed by atoms with E-state index in [1.54, 1.807) is 0 Å². The van der Waals surface area contributed by atoms with Gasteiger partial charge in [0.05, 0.1) is 6.01 Å². The van der Waals surface area contributed by atoms with Crippen molar-refractivity contribution in [1.82, 2.24) is 0 Å². The van der Waals surface area contributed by atoms with Gasteiger partial charge >= 0.3 is 0 Å². The minimum Gasteiger partial charge on any atom is -0.197 e. The van der Waals surface area contributed by atoms with Crippen molar-refractivity contribution in [2.75, 3.05) is 0 Å². The maximum absolute atomic E-state index is 3.95. The van der Waals surface area contributed by atoms with Gasteiger partial charge in [0.25, 0.3) is 0 Å². The monoisotopic (exact) mass is 138 g/mol. The van der Waals surface area contributed by atoms with E-state index in [4.69, 9.17) is 0 Å². The Morgan fingerprint density at radius 1 is 1.20 bits per heavy atom. The van der Waals surface area contributed by atoms with Crippen molar-refractivity contribution in [2.24, 2.45) is 9.98 Å². The fourth-order valence-electron chi connectivity index (χ4n) is 1.02. The molecule has 1 heterocycles. The summed E-state index contributed by atoms with van der Waals surface area (Å²) in [5.41, 5.74) is 0. The van der Waals surface area contributed by atoms with Crippen LogP contribution >= 0.6 is 0 Å². The van der Waals surface area contributed by atoms with E-state index in [0.29, 0.717) is 0 Å². The summed E-state index contributed by atoms with van der Waals surface area (Å²) >= 11 is 0. The van der Waals surface area contributed by atoms with Crippen molar-refractivity contribution in [1.29, 1.82) is 0 Å². The van der Waals surface area contributed by atoms with E-state index in [1.807, 2.05) is 0 Å². The van der Waals surface area contributed by atoms with Gasteiger partial charge in [-0.1, -0.05) is 26.2 Å². The summed E-state index contributed by atoms with van der Waals surface area (Å²) in [4.78, 5) is 7.90. The molecule has 10 heavy (non-hydrogen) atoms. The highest BCUT2D eigenvalue weighted by Gasteiger charge is 2.06. The number of hydrogen-bond acceptors (Lipinski definition) is 2. The van der Waals surface area contributed by atoms with Crippen molar-refractivity contribution in [3.63, 3.8) is 0 Å². The van der Waals surface area contributed by atoms with Gasteiger partial charge in [0.2, 0.25) is 0 Å². The van der Waals surface area contributed by atoms with Crippen LogP contribution in [0.1, 0.15) is 39.0 Å². The zero-order chi connectivity index (χ0) is 7.23. The van der Waals surface area contributed by atoms with Crippen LogP contribution in [0.15, 0.2) is 9.98 Å². The summed E-state index contributed by atoms with van der Waals surface area (Å²) in [5.74, 6) is 0. The van der Waals surface area contributed by atoms with Crippen LogP contribution in [0.3, 0.4) is 0 Å². The normalized spacial score (nSPS) is 15.7. The van der Waals surface area contributed by atoms with Crippen LogP contribution in [-0.4, -0.2) is 12.2 Å². The highest BCUT2D eigenvalue weighted by atomic mass is 15.1. The third-order valence-electron chi connectivity index (χ3n) is 1.73. The fraction of sp³-hybridized carbons (Fsp3) is 0.875. The van der Waals surface area contributed by atoms with Gasteiger partial charge in [0.1, 0.15) is 0 Å². The molecule has 0 atom stereocenters. The molecular formula is C8H14N2. The molecular weight excluding hydrogens is 124 g/mol. The SMILES string of the molecule is CCCCCCC1N=C=N1. The summed E-state index contributed by atoms with van der Waals surface area (Å²) in [7, 11) is 0. The zero-order valence-electron chi connectivity index (χ0n) is 6.51. The van der Waals surface area contributed by atoms with E-state index in [2.05, 4.69) is 22.9 Å². The third-order valence-corrected chi connectivity index (χ3v) is 1.73. The van der Waals surface area contributed by atoms with Crippen molar-refractivity contribution < 1.29 is 0 Å². The van der Waals surface area contributed by atoms with E-state index in [1.165, 1.54) is 25.7 Å². The Morgan fingerprint density at radius 2 is 2.00 bits per heavy atom. The standard InChI is InChI=1S/C8H14N2/c1-2-3-4-5-6-8-9-7-10-8/h8H,2-6H2,1H3. The minimum atomic E-state index is 0.275. The first-order valence-electron chi connectivity index (χ1n) is 4.08. The van der Waals surface area contributed by atoms with Gasteiger partial charge in [0.15, 0.2) is 6.17 Å². The van der Waals surface area contributed by atoms with E-state index in [0.717, 1.165) is 6.42 Å². The lowest BCUT2D eigenvalue weighted by Crippen LogP contribution is -2.05. The smallest absolute Gasteiger partial charge is 0.161 e. The molecule has 2 nitrogen and oxygen atoms in total. The van der Waals surface area contributed by atoms with Crippen LogP contribution < -0.4 is 0 Å². The largest absolute Gasteiger partial charge is 0.197 e. The minimum absolute atomic E-state index is 0.275. The van der Waals surface area contributed by atoms with Crippen molar-refractivity contribution in [3.8, 4) is 0 Å². The Hall–Kier alpha value is -0.620. The first-order chi connectivity index (χ1) is 4.93. The van der Waals surface area contributed by atoms with Crippen molar-refractivity contribution >= 4 is 6.01 Å². The molecule has 0 bridgehead atoms. The van der Waals surface area contributed by atoms with Gasteiger partial charge in [-0.05, 0) is 12.8 Å². The molecule has 0 aromatic heterocycles. The van der Waals surface area contributed by atoms with Crippen LogP contribution in [0.4, 0.5) is 0 Å². The summed E-state index contributed by atoms with van der Waals surface area (Å²) in [6, 6.07) is 2.55. The molecule has 0 amide bonds. The van der Waals surface area contributed by atoms with Gasteiger partial charge in [-0.15, -0.1) is 0 Å². The molecule has 0 radical (unpaired) electrons. The molecule has 0 fully saturated rings. The second kappa shape index (κ2) is 4.24. The number of hydrogen-bond donors (Lipinski definition) is 0. The third kappa shape index (κ3) is 2.32. The molecule has 0 aliphatic carbocycles. The van der Waals surface area contributed by atoms with Gasteiger partial charge < -0.3 is 0 Å². The lowest BCUT2D eigenvalue weighted by atomic mass is 10.1. The van der Waals surface area contributed by atoms with Gasteiger partial charge in [0, 0.05) is 0 Å². The Kier molecular flexibility index (Phi) is 3.17. The molecule has 1 rings (SSSR count). The van der Waals surface area contributed by atoms with E-state index in [9.17, 15) is 0 Å². The Bertz CT molecular complexity index is 137. The topological polar surface area (TPSA) is 24.7 Å². The average molecular weight is 138 g/mol. The van der Waals surface area contributed by atoms with Gasteiger partial charge in [-0.2, -0.15) is 9.98 Å². The van der Waals surface area contributed by atoms with Crippen molar-refractivity contribution in [3.05, 3.63) is 0 Å². The van der Waals surface area contributed by atoms with E-state index >= 15 is 0 Å². The lowest BCUT2D eigenvalue weighted by Gasteiger charge is -2.06. The van der Waals surface area contributed by atoms with Crippen molar-refractivity contribution in [2.45, 2.75) is 45.2 Å². The highest BCUT2D eigenvalue weighted by Crippen LogP contribution is 2.10. The summed E-state index contributed by atoms with van der Waals surface area (Å²) in [6.45, 7) is 2.22. The molecule has 0 spiro atoms. The summed E-state index contributed by atoms with van der Waals surface area (Å²) < 4.78 is 0.